The quantitative estimate of drug-likeness (QED) is 0.623. The van der Waals surface area contributed by atoms with Gasteiger partial charge in [-0.15, -0.1) is 0 Å². The highest BCUT2D eigenvalue weighted by molar-refractivity contribution is 5.71. The lowest BCUT2D eigenvalue weighted by Gasteiger charge is -2.38. The van der Waals surface area contributed by atoms with Crippen LogP contribution in [0.3, 0.4) is 0 Å². The van der Waals surface area contributed by atoms with E-state index in [9.17, 15) is 9.90 Å². The van der Waals surface area contributed by atoms with Crippen molar-refractivity contribution in [2.75, 3.05) is 39.5 Å². The number of rotatable bonds is 10. The van der Waals surface area contributed by atoms with E-state index in [-0.39, 0.29) is 12.0 Å². The van der Waals surface area contributed by atoms with E-state index in [1.165, 1.54) is 0 Å². The van der Waals surface area contributed by atoms with Gasteiger partial charge in [0.25, 0.3) is 0 Å². The standard InChI is InChI=1S/C15H29NO4/c1-3-19-11-9-16(10-12-20-4-2)14-8-6-5-7-13(14)15(17)18/h13-14H,3-12H2,1-2H3,(H,17,18). The average molecular weight is 287 g/mol. The normalized spacial score (nSPS) is 23.1. The molecular formula is C15H29NO4. The third kappa shape index (κ3) is 5.77. The largest absolute Gasteiger partial charge is 0.481 e. The molecule has 1 rings (SSSR count). The maximum Gasteiger partial charge on any atom is 0.308 e. The molecule has 1 saturated carbocycles. The fourth-order valence-electron chi connectivity index (χ4n) is 2.93. The number of aliphatic carboxylic acids is 1. The van der Waals surface area contributed by atoms with Gasteiger partial charge in [-0.05, 0) is 26.7 Å². The molecule has 5 nitrogen and oxygen atoms in total. The van der Waals surface area contributed by atoms with Crippen LogP contribution in [0.1, 0.15) is 39.5 Å². The van der Waals surface area contributed by atoms with Crippen molar-refractivity contribution in [3.8, 4) is 0 Å². The number of carbonyl (C=O) groups is 1. The van der Waals surface area contributed by atoms with Gasteiger partial charge in [0.1, 0.15) is 0 Å². The number of nitrogens with zero attached hydrogens (tertiary/aromatic N) is 1. The minimum atomic E-state index is -0.660. The van der Waals surface area contributed by atoms with E-state index in [2.05, 4.69) is 4.90 Å². The van der Waals surface area contributed by atoms with E-state index in [0.29, 0.717) is 26.4 Å². The molecule has 0 aliphatic heterocycles. The summed E-state index contributed by atoms with van der Waals surface area (Å²) >= 11 is 0. The van der Waals surface area contributed by atoms with Crippen LogP contribution in [0.25, 0.3) is 0 Å². The molecule has 1 fully saturated rings. The molecule has 2 unspecified atom stereocenters. The van der Waals surface area contributed by atoms with Gasteiger partial charge in [0, 0.05) is 32.3 Å². The van der Waals surface area contributed by atoms with Gasteiger partial charge in [0.05, 0.1) is 19.1 Å². The first-order chi connectivity index (χ1) is 9.70. The molecule has 2 atom stereocenters. The molecule has 118 valence electrons. The highest BCUT2D eigenvalue weighted by Gasteiger charge is 2.34. The Bertz CT molecular complexity index is 263. The Kier molecular flexibility index (Phi) is 8.82. The molecule has 0 saturated heterocycles. The van der Waals surface area contributed by atoms with Crippen LogP contribution in [0, 0.1) is 5.92 Å². The first-order valence-electron chi connectivity index (χ1n) is 7.83. The zero-order valence-electron chi connectivity index (χ0n) is 12.8. The first kappa shape index (κ1) is 17.4. The third-order valence-electron chi connectivity index (χ3n) is 3.97. The summed E-state index contributed by atoms with van der Waals surface area (Å²) in [6, 6.07) is 0.127. The Labute approximate surface area is 122 Å². The zero-order chi connectivity index (χ0) is 14.8. The van der Waals surface area contributed by atoms with Crippen LogP contribution in [0.15, 0.2) is 0 Å². The predicted molar refractivity (Wildman–Crippen MR) is 77.9 cm³/mol. The zero-order valence-corrected chi connectivity index (χ0v) is 12.8. The summed E-state index contributed by atoms with van der Waals surface area (Å²) in [5, 5.41) is 9.41. The van der Waals surface area contributed by atoms with E-state index >= 15 is 0 Å². The summed E-state index contributed by atoms with van der Waals surface area (Å²) in [6.07, 6.45) is 3.90. The molecule has 1 N–H and O–H groups in total. The fraction of sp³-hybridized carbons (Fsp3) is 0.933. The van der Waals surface area contributed by atoms with Crippen molar-refractivity contribution in [1.82, 2.24) is 4.90 Å². The van der Waals surface area contributed by atoms with E-state index in [4.69, 9.17) is 9.47 Å². The molecule has 0 aromatic rings. The molecule has 20 heavy (non-hydrogen) atoms. The van der Waals surface area contributed by atoms with E-state index in [0.717, 1.165) is 38.8 Å². The summed E-state index contributed by atoms with van der Waals surface area (Å²) < 4.78 is 10.9. The fourth-order valence-corrected chi connectivity index (χ4v) is 2.93. The van der Waals surface area contributed by atoms with Crippen LogP contribution < -0.4 is 0 Å². The highest BCUT2D eigenvalue weighted by atomic mass is 16.5. The Morgan fingerprint density at radius 3 is 2.15 bits per heavy atom. The van der Waals surface area contributed by atoms with Crippen molar-refractivity contribution in [3.05, 3.63) is 0 Å². The van der Waals surface area contributed by atoms with Gasteiger partial charge >= 0.3 is 5.97 Å². The molecule has 0 radical (unpaired) electrons. The molecule has 0 spiro atoms. The van der Waals surface area contributed by atoms with Crippen molar-refractivity contribution in [3.63, 3.8) is 0 Å². The lowest BCUT2D eigenvalue weighted by molar-refractivity contribution is -0.146. The topological polar surface area (TPSA) is 59.0 Å². The molecule has 0 aromatic heterocycles. The summed E-state index contributed by atoms with van der Waals surface area (Å²) in [6.45, 7) is 8.25. The van der Waals surface area contributed by atoms with E-state index in [1.807, 2.05) is 13.8 Å². The van der Waals surface area contributed by atoms with Crippen LogP contribution >= 0.6 is 0 Å². The summed E-state index contributed by atoms with van der Waals surface area (Å²) in [5.41, 5.74) is 0. The number of carboxylic acids is 1. The lowest BCUT2D eigenvalue weighted by atomic mass is 9.83. The molecule has 0 heterocycles. The van der Waals surface area contributed by atoms with E-state index in [1.54, 1.807) is 0 Å². The Balaban J connectivity index is 2.59. The summed E-state index contributed by atoms with van der Waals surface area (Å²) in [5.74, 6) is -0.903. The summed E-state index contributed by atoms with van der Waals surface area (Å²) in [7, 11) is 0. The van der Waals surface area contributed by atoms with Gasteiger partial charge in [-0.1, -0.05) is 12.8 Å². The minimum Gasteiger partial charge on any atom is -0.481 e. The van der Waals surface area contributed by atoms with Gasteiger partial charge in [0.2, 0.25) is 0 Å². The predicted octanol–water partition coefficient (Wildman–Crippen LogP) is 2.00. The van der Waals surface area contributed by atoms with E-state index < -0.39 is 5.97 Å². The van der Waals surface area contributed by atoms with Crippen molar-refractivity contribution in [2.45, 2.75) is 45.6 Å². The smallest absolute Gasteiger partial charge is 0.308 e. The molecule has 5 heteroatoms. The first-order valence-corrected chi connectivity index (χ1v) is 7.83. The second-order valence-corrected chi connectivity index (χ2v) is 5.23. The number of hydrogen-bond acceptors (Lipinski definition) is 4. The van der Waals surface area contributed by atoms with Crippen molar-refractivity contribution >= 4 is 5.97 Å². The van der Waals surface area contributed by atoms with Gasteiger partial charge in [-0.3, -0.25) is 9.69 Å². The molecule has 1 aliphatic rings. The maximum atomic E-state index is 11.4. The monoisotopic (exact) mass is 287 g/mol. The number of ether oxygens (including phenoxy) is 2. The number of carboxylic acid groups (broad SMARTS) is 1. The molecular weight excluding hydrogens is 258 g/mol. The van der Waals surface area contributed by atoms with Crippen LogP contribution in [0.5, 0.6) is 0 Å². The van der Waals surface area contributed by atoms with Crippen molar-refractivity contribution in [2.24, 2.45) is 5.92 Å². The molecule has 0 amide bonds. The Morgan fingerprint density at radius 1 is 1.10 bits per heavy atom. The lowest BCUT2D eigenvalue weighted by Crippen LogP contribution is -2.48. The van der Waals surface area contributed by atoms with Crippen LogP contribution in [-0.2, 0) is 14.3 Å². The Morgan fingerprint density at radius 2 is 1.65 bits per heavy atom. The van der Waals surface area contributed by atoms with Gasteiger partial charge < -0.3 is 14.6 Å². The van der Waals surface area contributed by atoms with Crippen LogP contribution in [0.4, 0.5) is 0 Å². The highest BCUT2D eigenvalue weighted by Crippen LogP contribution is 2.28. The van der Waals surface area contributed by atoms with Crippen molar-refractivity contribution in [1.29, 1.82) is 0 Å². The van der Waals surface area contributed by atoms with Crippen LogP contribution in [-0.4, -0.2) is 61.5 Å². The molecule has 1 aliphatic carbocycles. The van der Waals surface area contributed by atoms with Crippen molar-refractivity contribution < 1.29 is 19.4 Å². The Hall–Kier alpha value is -0.650. The second kappa shape index (κ2) is 10.1. The van der Waals surface area contributed by atoms with Gasteiger partial charge in [0.15, 0.2) is 0 Å². The van der Waals surface area contributed by atoms with Gasteiger partial charge in [-0.25, -0.2) is 0 Å². The third-order valence-corrected chi connectivity index (χ3v) is 3.97. The SMILES string of the molecule is CCOCCN(CCOCC)C1CCCCC1C(=O)O. The summed E-state index contributed by atoms with van der Waals surface area (Å²) in [4.78, 5) is 13.7. The molecule has 0 aromatic carbocycles. The second-order valence-electron chi connectivity index (χ2n) is 5.23. The molecule has 0 bridgehead atoms. The maximum absolute atomic E-state index is 11.4. The van der Waals surface area contributed by atoms with Crippen LogP contribution in [0.2, 0.25) is 0 Å². The average Bonchev–Trinajstić information content (AvgIpc) is 2.46. The number of hydrogen-bond donors (Lipinski definition) is 1. The minimum absolute atomic E-state index is 0.127. The van der Waals surface area contributed by atoms with Gasteiger partial charge in [-0.2, -0.15) is 0 Å².